The first kappa shape index (κ1) is 12.8. The number of anilines is 1. The van der Waals surface area contributed by atoms with Gasteiger partial charge in [0, 0.05) is 12.6 Å². The second kappa shape index (κ2) is 5.06. The third-order valence-corrected chi connectivity index (χ3v) is 4.72. The zero-order valence-corrected chi connectivity index (χ0v) is 12.0. The summed E-state index contributed by atoms with van der Waals surface area (Å²) in [5.41, 5.74) is 0.870. The van der Waals surface area contributed by atoms with Gasteiger partial charge >= 0.3 is 0 Å². The average Bonchev–Trinajstić information content (AvgIpc) is 2.74. The summed E-state index contributed by atoms with van der Waals surface area (Å²) >= 11 is 1.53. The molecule has 3 nitrogen and oxygen atoms in total. The number of nitrogens with one attached hydrogen (secondary N) is 1. The van der Waals surface area contributed by atoms with E-state index in [1.54, 1.807) is 12.1 Å². The number of piperidine rings is 1. The maximum absolute atomic E-state index is 13.2. The van der Waals surface area contributed by atoms with Gasteiger partial charge in [0.05, 0.1) is 10.2 Å². The van der Waals surface area contributed by atoms with Gasteiger partial charge in [0.2, 0.25) is 0 Å². The van der Waals surface area contributed by atoms with E-state index < -0.39 is 0 Å². The second-order valence-electron chi connectivity index (χ2n) is 5.41. The summed E-state index contributed by atoms with van der Waals surface area (Å²) in [7, 11) is 2.16. The SMILES string of the molecule is CC1CN(C)CCC1Nc1nc2ccc(F)cc2s1. The van der Waals surface area contributed by atoms with Crippen LogP contribution in [0.3, 0.4) is 0 Å². The molecule has 2 atom stereocenters. The Labute approximate surface area is 116 Å². The van der Waals surface area contributed by atoms with Crippen molar-refractivity contribution in [1.82, 2.24) is 9.88 Å². The van der Waals surface area contributed by atoms with Crippen molar-refractivity contribution >= 4 is 26.7 Å². The number of benzene rings is 1. The van der Waals surface area contributed by atoms with Crippen LogP contribution in [0.4, 0.5) is 9.52 Å². The van der Waals surface area contributed by atoms with E-state index in [-0.39, 0.29) is 5.82 Å². The molecule has 0 spiro atoms. The number of fused-ring (bicyclic) bond motifs is 1. The van der Waals surface area contributed by atoms with Crippen molar-refractivity contribution in [2.45, 2.75) is 19.4 Å². The number of likely N-dealkylation sites (tertiary alicyclic amines) is 1. The summed E-state index contributed by atoms with van der Waals surface area (Å²) in [5, 5.41) is 4.42. The van der Waals surface area contributed by atoms with Crippen molar-refractivity contribution in [3.05, 3.63) is 24.0 Å². The fourth-order valence-corrected chi connectivity index (χ4v) is 3.64. The molecule has 1 fully saturated rings. The van der Waals surface area contributed by atoms with Crippen molar-refractivity contribution in [1.29, 1.82) is 0 Å². The normalized spacial score (nSPS) is 24.8. The van der Waals surface area contributed by atoms with Gasteiger partial charge in [0.15, 0.2) is 5.13 Å². The van der Waals surface area contributed by atoms with Gasteiger partial charge in [-0.2, -0.15) is 0 Å². The molecule has 0 saturated carbocycles. The summed E-state index contributed by atoms with van der Waals surface area (Å²) in [6.07, 6.45) is 1.13. The Morgan fingerprint density at radius 1 is 1.47 bits per heavy atom. The number of nitrogens with zero attached hydrogens (tertiary/aromatic N) is 2. The molecule has 1 aliphatic heterocycles. The Hall–Kier alpha value is -1.20. The zero-order chi connectivity index (χ0) is 13.4. The maximum Gasteiger partial charge on any atom is 0.184 e. The topological polar surface area (TPSA) is 28.2 Å². The molecule has 2 heterocycles. The lowest BCUT2D eigenvalue weighted by Gasteiger charge is -2.35. The van der Waals surface area contributed by atoms with E-state index in [1.807, 2.05) is 0 Å². The predicted molar refractivity (Wildman–Crippen MR) is 78.3 cm³/mol. The van der Waals surface area contributed by atoms with E-state index >= 15 is 0 Å². The molecule has 0 bridgehead atoms. The van der Waals surface area contributed by atoms with E-state index in [0.717, 1.165) is 34.9 Å². The van der Waals surface area contributed by atoms with Gasteiger partial charge in [-0.3, -0.25) is 0 Å². The first-order chi connectivity index (χ1) is 9.11. The summed E-state index contributed by atoms with van der Waals surface area (Å²) < 4.78 is 14.1. The number of rotatable bonds is 2. The van der Waals surface area contributed by atoms with Gasteiger partial charge < -0.3 is 10.2 Å². The summed E-state index contributed by atoms with van der Waals surface area (Å²) in [5.74, 6) is 0.401. The fraction of sp³-hybridized carbons (Fsp3) is 0.500. The third kappa shape index (κ3) is 2.72. The van der Waals surface area contributed by atoms with Crippen LogP contribution in [0, 0.1) is 11.7 Å². The molecule has 0 aliphatic carbocycles. The van der Waals surface area contributed by atoms with Crippen LogP contribution in [0.1, 0.15) is 13.3 Å². The lowest BCUT2D eigenvalue weighted by atomic mass is 9.94. The summed E-state index contributed by atoms with van der Waals surface area (Å²) in [4.78, 5) is 6.89. The number of thiazole rings is 1. The third-order valence-electron chi connectivity index (χ3n) is 3.77. The number of hydrogen-bond donors (Lipinski definition) is 1. The Balaban J connectivity index is 1.77. The number of halogens is 1. The van der Waals surface area contributed by atoms with Crippen LogP contribution >= 0.6 is 11.3 Å². The molecule has 0 radical (unpaired) electrons. The highest BCUT2D eigenvalue weighted by atomic mass is 32.1. The predicted octanol–water partition coefficient (Wildman–Crippen LogP) is 3.19. The first-order valence-corrected chi connectivity index (χ1v) is 7.44. The largest absolute Gasteiger partial charge is 0.358 e. The van der Waals surface area contributed by atoms with Crippen LogP contribution in [0.2, 0.25) is 0 Å². The van der Waals surface area contributed by atoms with Gasteiger partial charge in [-0.05, 0) is 44.1 Å². The van der Waals surface area contributed by atoms with Crippen molar-refractivity contribution < 1.29 is 4.39 Å². The van der Waals surface area contributed by atoms with Gasteiger partial charge in [-0.15, -0.1) is 0 Å². The van der Waals surface area contributed by atoms with E-state index in [1.165, 1.54) is 17.4 Å². The van der Waals surface area contributed by atoms with Crippen LogP contribution < -0.4 is 5.32 Å². The molecule has 1 N–H and O–H groups in total. The van der Waals surface area contributed by atoms with Crippen LogP contribution in [0.5, 0.6) is 0 Å². The van der Waals surface area contributed by atoms with Crippen LogP contribution in [0.15, 0.2) is 18.2 Å². The molecule has 1 aliphatic rings. The Morgan fingerprint density at radius 3 is 3.11 bits per heavy atom. The molecular formula is C14H18FN3S. The molecule has 3 rings (SSSR count). The van der Waals surface area contributed by atoms with Crippen molar-refractivity contribution in [3.63, 3.8) is 0 Å². The minimum Gasteiger partial charge on any atom is -0.358 e. The Bertz CT molecular complexity index is 583. The molecule has 19 heavy (non-hydrogen) atoms. The van der Waals surface area contributed by atoms with E-state index in [2.05, 4.69) is 29.2 Å². The highest BCUT2D eigenvalue weighted by Gasteiger charge is 2.24. The molecule has 2 unspecified atom stereocenters. The lowest BCUT2D eigenvalue weighted by Crippen LogP contribution is -2.43. The fourth-order valence-electron chi connectivity index (χ4n) is 2.69. The molecule has 2 aromatic rings. The minimum absolute atomic E-state index is 0.199. The summed E-state index contributed by atoms with van der Waals surface area (Å²) in [6, 6.07) is 5.21. The number of hydrogen-bond acceptors (Lipinski definition) is 4. The van der Waals surface area contributed by atoms with Crippen LogP contribution in [-0.2, 0) is 0 Å². The van der Waals surface area contributed by atoms with E-state index in [4.69, 9.17) is 0 Å². The average molecular weight is 279 g/mol. The lowest BCUT2D eigenvalue weighted by molar-refractivity contribution is 0.206. The monoisotopic (exact) mass is 279 g/mol. The Kier molecular flexibility index (Phi) is 3.41. The summed E-state index contributed by atoms with van der Waals surface area (Å²) in [6.45, 7) is 4.49. The van der Waals surface area contributed by atoms with E-state index in [9.17, 15) is 4.39 Å². The van der Waals surface area contributed by atoms with Crippen LogP contribution in [-0.4, -0.2) is 36.1 Å². The van der Waals surface area contributed by atoms with Gasteiger partial charge in [0.1, 0.15) is 5.82 Å². The van der Waals surface area contributed by atoms with Crippen LogP contribution in [0.25, 0.3) is 10.2 Å². The van der Waals surface area contributed by atoms with Crippen molar-refractivity contribution in [2.24, 2.45) is 5.92 Å². The minimum atomic E-state index is -0.199. The van der Waals surface area contributed by atoms with Crippen molar-refractivity contribution in [2.75, 3.05) is 25.5 Å². The molecule has 1 saturated heterocycles. The quantitative estimate of drug-likeness (QED) is 0.915. The highest BCUT2D eigenvalue weighted by molar-refractivity contribution is 7.22. The maximum atomic E-state index is 13.2. The van der Waals surface area contributed by atoms with E-state index in [0.29, 0.717) is 12.0 Å². The first-order valence-electron chi connectivity index (χ1n) is 6.63. The van der Waals surface area contributed by atoms with Gasteiger partial charge in [-0.1, -0.05) is 18.3 Å². The van der Waals surface area contributed by atoms with Gasteiger partial charge in [-0.25, -0.2) is 9.37 Å². The molecule has 1 aromatic heterocycles. The smallest absolute Gasteiger partial charge is 0.184 e. The second-order valence-corrected chi connectivity index (χ2v) is 6.44. The number of aromatic nitrogens is 1. The molecule has 102 valence electrons. The highest BCUT2D eigenvalue weighted by Crippen LogP contribution is 2.29. The molecule has 0 amide bonds. The molecule has 1 aromatic carbocycles. The Morgan fingerprint density at radius 2 is 2.32 bits per heavy atom. The molecular weight excluding hydrogens is 261 g/mol. The molecule has 5 heteroatoms. The van der Waals surface area contributed by atoms with Crippen molar-refractivity contribution in [3.8, 4) is 0 Å². The standard InChI is InChI=1S/C14H18FN3S/c1-9-8-18(2)6-5-11(9)16-14-17-12-4-3-10(15)7-13(12)19-14/h3-4,7,9,11H,5-6,8H2,1-2H3,(H,16,17). The zero-order valence-electron chi connectivity index (χ0n) is 11.2. The van der Waals surface area contributed by atoms with Gasteiger partial charge in [0.25, 0.3) is 0 Å².